The summed E-state index contributed by atoms with van der Waals surface area (Å²) in [5.74, 6) is -0.0715. The lowest BCUT2D eigenvalue weighted by molar-refractivity contribution is -0.118. The molecule has 0 atom stereocenters. The third kappa shape index (κ3) is 2.58. The number of carbonyl (C=O) groups excluding carboxylic acids is 1. The molecule has 5 nitrogen and oxygen atoms in total. The number of phenols is 2. The molecule has 1 aliphatic rings. The van der Waals surface area contributed by atoms with Crippen molar-refractivity contribution < 1.29 is 15.0 Å². The highest BCUT2D eigenvalue weighted by Crippen LogP contribution is 2.50. The molecule has 6 heteroatoms. The first kappa shape index (κ1) is 13.9. The van der Waals surface area contributed by atoms with Gasteiger partial charge in [0.1, 0.15) is 5.82 Å². The Morgan fingerprint density at radius 2 is 1.95 bits per heavy atom. The van der Waals surface area contributed by atoms with Crippen molar-refractivity contribution in [1.29, 1.82) is 0 Å². The lowest BCUT2D eigenvalue weighted by Gasteiger charge is -2.16. The van der Waals surface area contributed by atoms with E-state index in [1.807, 2.05) is 0 Å². The Balaban J connectivity index is 1.83. The molecule has 3 rings (SSSR count). The number of hydrogen-bond acceptors (Lipinski definition) is 4. The molecule has 0 saturated heterocycles. The van der Waals surface area contributed by atoms with Crippen molar-refractivity contribution in [3.63, 3.8) is 0 Å². The zero-order valence-electron chi connectivity index (χ0n) is 11.0. The normalized spacial score (nSPS) is 15.5. The van der Waals surface area contributed by atoms with Crippen molar-refractivity contribution in [2.75, 3.05) is 5.32 Å². The van der Waals surface area contributed by atoms with Gasteiger partial charge in [0.05, 0.1) is 5.41 Å². The molecule has 2 aromatic rings. The van der Waals surface area contributed by atoms with Crippen LogP contribution < -0.4 is 5.32 Å². The lowest BCUT2D eigenvalue weighted by Crippen LogP contribution is -2.28. The van der Waals surface area contributed by atoms with Crippen molar-refractivity contribution in [2.45, 2.75) is 18.3 Å². The molecule has 1 amide bonds. The molecule has 0 aliphatic heterocycles. The molecule has 21 heavy (non-hydrogen) atoms. The molecule has 1 aromatic carbocycles. The van der Waals surface area contributed by atoms with Crippen LogP contribution in [0.25, 0.3) is 0 Å². The van der Waals surface area contributed by atoms with E-state index < -0.39 is 5.41 Å². The van der Waals surface area contributed by atoms with Crippen LogP contribution in [0.3, 0.4) is 0 Å². The molecule has 0 spiro atoms. The summed E-state index contributed by atoms with van der Waals surface area (Å²) < 4.78 is 0.838. The zero-order chi connectivity index (χ0) is 15.0. The van der Waals surface area contributed by atoms with Gasteiger partial charge in [-0.3, -0.25) is 4.79 Å². The minimum Gasteiger partial charge on any atom is -0.504 e. The largest absolute Gasteiger partial charge is 0.504 e. The second-order valence-corrected chi connectivity index (χ2v) is 6.02. The number of rotatable bonds is 3. The van der Waals surface area contributed by atoms with Crippen LogP contribution in [0, 0.1) is 0 Å². The number of benzene rings is 1. The van der Waals surface area contributed by atoms with Gasteiger partial charge in [-0.1, -0.05) is 6.07 Å². The van der Waals surface area contributed by atoms with E-state index in [9.17, 15) is 15.0 Å². The summed E-state index contributed by atoms with van der Waals surface area (Å²) in [4.78, 5) is 16.6. The van der Waals surface area contributed by atoms with E-state index in [1.54, 1.807) is 24.4 Å². The molecule has 108 valence electrons. The fraction of sp³-hybridized carbons (Fsp3) is 0.200. The van der Waals surface area contributed by atoms with Gasteiger partial charge >= 0.3 is 0 Å². The summed E-state index contributed by atoms with van der Waals surface area (Å²) in [6, 6.07) is 8.02. The quantitative estimate of drug-likeness (QED) is 0.744. The lowest BCUT2D eigenvalue weighted by atomic mass is 9.94. The number of amides is 1. The second-order valence-electron chi connectivity index (χ2n) is 5.10. The SMILES string of the molecule is O=C(Nc1ccc(Br)cn1)C1(c2ccc(O)c(O)c2)CC1. The van der Waals surface area contributed by atoms with E-state index in [2.05, 4.69) is 26.2 Å². The first-order chi connectivity index (χ1) is 10.0. The third-order valence-electron chi connectivity index (χ3n) is 3.68. The van der Waals surface area contributed by atoms with E-state index in [4.69, 9.17) is 0 Å². The van der Waals surface area contributed by atoms with E-state index in [0.29, 0.717) is 24.2 Å². The van der Waals surface area contributed by atoms with E-state index in [1.165, 1.54) is 12.1 Å². The maximum absolute atomic E-state index is 12.5. The van der Waals surface area contributed by atoms with Crippen LogP contribution in [0.5, 0.6) is 11.5 Å². The molecule has 1 aliphatic carbocycles. The van der Waals surface area contributed by atoms with Crippen LogP contribution in [0.2, 0.25) is 0 Å². The standard InChI is InChI=1S/C15H13BrN2O3/c16-10-2-4-13(17-8-10)18-14(21)15(5-6-15)9-1-3-11(19)12(20)7-9/h1-4,7-8,19-20H,5-6H2,(H,17,18,21). The second kappa shape index (κ2) is 5.04. The number of aromatic hydroxyl groups is 2. The molecule has 1 fully saturated rings. The van der Waals surface area contributed by atoms with E-state index in [0.717, 1.165) is 4.47 Å². The number of anilines is 1. The van der Waals surface area contributed by atoms with Crippen molar-refractivity contribution in [2.24, 2.45) is 0 Å². The maximum Gasteiger partial charge on any atom is 0.236 e. The fourth-order valence-electron chi connectivity index (χ4n) is 2.28. The maximum atomic E-state index is 12.5. The highest BCUT2D eigenvalue weighted by molar-refractivity contribution is 9.10. The van der Waals surface area contributed by atoms with Gasteiger partial charge < -0.3 is 15.5 Å². The summed E-state index contributed by atoms with van der Waals surface area (Å²) in [6.45, 7) is 0. The summed E-state index contributed by atoms with van der Waals surface area (Å²) in [7, 11) is 0. The first-order valence-corrected chi connectivity index (χ1v) is 7.26. The minimum absolute atomic E-state index is 0.151. The van der Waals surface area contributed by atoms with Gasteiger partial charge in [-0.05, 0) is 58.6 Å². The molecular formula is C15H13BrN2O3. The topological polar surface area (TPSA) is 82.5 Å². The van der Waals surface area contributed by atoms with Gasteiger partial charge in [0.15, 0.2) is 11.5 Å². The molecule has 1 heterocycles. The number of nitrogens with one attached hydrogen (secondary N) is 1. The van der Waals surface area contributed by atoms with Crippen molar-refractivity contribution >= 4 is 27.7 Å². The van der Waals surface area contributed by atoms with Gasteiger partial charge in [-0.25, -0.2) is 4.98 Å². The van der Waals surface area contributed by atoms with Gasteiger partial charge in [0, 0.05) is 10.7 Å². The van der Waals surface area contributed by atoms with Crippen molar-refractivity contribution in [1.82, 2.24) is 4.98 Å². The average Bonchev–Trinajstić information content (AvgIpc) is 3.26. The van der Waals surface area contributed by atoms with Crippen LogP contribution in [-0.4, -0.2) is 21.1 Å². The molecule has 0 unspecified atom stereocenters. The molecule has 0 bridgehead atoms. The fourth-order valence-corrected chi connectivity index (χ4v) is 2.51. The van der Waals surface area contributed by atoms with Crippen LogP contribution in [0.4, 0.5) is 5.82 Å². The average molecular weight is 349 g/mol. The first-order valence-electron chi connectivity index (χ1n) is 6.47. The Kier molecular flexibility index (Phi) is 3.33. The highest BCUT2D eigenvalue weighted by atomic mass is 79.9. The summed E-state index contributed by atoms with van der Waals surface area (Å²) in [5, 5.41) is 21.7. The highest BCUT2D eigenvalue weighted by Gasteiger charge is 2.51. The Hall–Kier alpha value is -2.08. The van der Waals surface area contributed by atoms with Crippen LogP contribution >= 0.6 is 15.9 Å². The number of carbonyl (C=O) groups is 1. The smallest absolute Gasteiger partial charge is 0.236 e. The Labute approximate surface area is 129 Å². The monoisotopic (exact) mass is 348 g/mol. The van der Waals surface area contributed by atoms with E-state index in [-0.39, 0.29) is 17.4 Å². The number of hydrogen-bond donors (Lipinski definition) is 3. The summed E-state index contributed by atoms with van der Waals surface area (Å²) >= 11 is 3.29. The van der Waals surface area contributed by atoms with Gasteiger partial charge in [-0.2, -0.15) is 0 Å². The van der Waals surface area contributed by atoms with E-state index >= 15 is 0 Å². The number of aromatic nitrogens is 1. The predicted octanol–water partition coefficient (Wildman–Crippen LogP) is 2.93. The Morgan fingerprint density at radius 3 is 2.52 bits per heavy atom. The van der Waals surface area contributed by atoms with Crippen molar-refractivity contribution in [3.8, 4) is 11.5 Å². The summed E-state index contributed by atoms with van der Waals surface area (Å²) in [5.41, 5.74) is 0.0624. The third-order valence-corrected chi connectivity index (χ3v) is 4.15. The minimum atomic E-state index is -0.639. The van der Waals surface area contributed by atoms with Gasteiger partial charge in [-0.15, -0.1) is 0 Å². The van der Waals surface area contributed by atoms with Crippen LogP contribution in [0.1, 0.15) is 18.4 Å². The van der Waals surface area contributed by atoms with Crippen LogP contribution in [0.15, 0.2) is 41.0 Å². The molecular weight excluding hydrogens is 336 g/mol. The molecule has 1 aromatic heterocycles. The number of halogens is 1. The number of phenolic OH excluding ortho intramolecular Hbond substituents is 2. The van der Waals surface area contributed by atoms with Gasteiger partial charge in [0.25, 0.3) is 0 Å². The molecule has 0 radical (unpaired) electrons. The molecule has 1 saturated carbocycles. The summed E-state index contributed by atoms with van der Waals surface area (Å²) in [6.07, 6.45) is 3.03. The van der Waals surface area contributed by atoms with Gasteiger partial charge in [0.2, 0.25) is 5.91 Å². The number of pyridine rings is 1. The Bertz CT molecular complexity index is 697. The van der Waals surface area contributed by atoms with Crippen molar-refractivity contribution in [3.05, 3.63) is 46.6 Å². The predicted molar refractivity (Wildman–Crippen MR) is 81.3 cm³/mol. The molecule has 3 N–H and O–H groups in total. The Morgan fingerprint density at radius 1 is 1.19 bits per heavy atom. The zero-order valence-corrected chi connectivity index (χ0v) is 12.6. The van der Waals surface area contributed by atoms with Crippen LogP contribution in [-0.2, 0) is 10.2 Å². The number of nitrogens with zero attached hydrogens (tertiary/aromatic N) is 1.